The molecule has 0 aliphatic rings. The minimum Gasteiger partial charge on any atom is -0.370 e. The van der Waals surface area contributed by atoms with Crippen molar-refractivity contribution in [1.82, 2.24) is 9.88 Å². The molecule has 0 bridgehead atoms. The summed E-state index contributed by atoms with van der Waals surface area (Å²) in [6.45, 7) is 10.00. The van der Waals surface area contributed by atoms with Crippen molar-refractivity contribution in [3.63, 3.8) is 0 Å². The van der Waals surface area contributed by atoms with E-state index in [0.29, 0.717) is 5.92 Å². The summed E-state index contributed by atoms with van der Waals surface area (Å²) in [6.07, 6.45) is 3.38. The van der Waals surface area contributed by atoms with Crippen molar-refractivity contribution in [3.8, 4) is 0 Å². The van der Waals surface area contributed by atoms with Gasteiger partial charge in [-0.25, -0.2) is 4.98 Å². The number of nitrogens with one attached hydrogen (secondary N) is 1. The lowest BCUT2D eigenvalue weighted by Crippen LogP contribution is -2.28. The number of anilines is 1. The molecule has 0 atom stereocenters. The van der Waals surface area contributed by atoms with Gasteiger partial charge in [-0.3, -0.25) is 4.79 Å². The molecule has 21 heavy (non-hydrogen) atoms. The molecular formula is C17H29N3O. The van der Waals surface area contributed by atoms with Gasteiger partial charge in [0.1, 0.15) is 5.82 Å². The molecule has 1 heterocycles. The summed E-state index contributed by atoms with van der Waals surface area (Å²) in [5.41, 5.74) is 1.68. The van der Waals surface area contributed by atoms with Crippen LogP contribution in [0.1, 0.15) is 68.9 Å². The molecule has 0 unspecified atom stereocenters. The van der Waals surface area contributed by atoms with Gasteiger partial charge in [0.05, 0.1) is 0 Å². The van der Waals surface area contributed by atoms with E-state index in [2.05, 4.69) is 31.1 Å². The van der Waals surface area contributed by atoms with Crippen LogP contribution in [0.15, 0.2) is 12.1 Å². The van der Waals surface area contributed by atoms with Crippen LogP contribution in [0.4, 0.5) is 5.82 Å². The monoisotopic (exact) mass is 291 g/mol. The Morgan fingerprint density at radius 2 is 2.00 bits per heavy atom. The summed E-state index contributed by atoms with van der Waals surface area (Å²) >= 11 is 0. The van der Waals surface area contributed by atoms with Gasteiger partial charge in [-0.1, -0.05) is 33.6 Å². The van der Waals surface area contributed by atoms with E-state index in [1.807, 2.05) is 31.0 Å². The second-order valence-electron chi connectivity index (χ2n) is 5.78. The van der Waals surface area contributed by atoms with Crippen molar-refractivity contribution in [2.24, 2.45) is 0 Å². The lowest BCUT2D eigenvalue weighted by atomic mass is 10.1. The third-order valence-corrected chi connectivity index (χ3v) is 3.49. The van der Waals surface area contributed by atoms with Gasteiger partial charge in [-0.2, -0.15) is 0 Å². The number of carbonyl (C=O) groups excluding carboxylic acids is 1. The first-order valence-electron chi connectivity index (χ1n) is 8.00. The molecule has 0 aliphatic carbocycles. The number of carbonyl (C=O) groups is 1. The van der Waals surface area contributed by atoms with Crippen LogP contribution in [0, 0.1) is 0 Å². The molecule has 0 radical (unpaired) electrons. The van der Waals surface area contributed by atoms with E-state index in [9.17, 15) is 4.79 Å². The number of aromatic nitrogens is 1. The number of nitrogens with zero attached hydrogens (tertiary/aromatic N) is 2. The highest BCUT2D eigenvalue weighted by atomic mass is 16.2. The first-order chi connectivity index (χ1) is 9.99. The Bertz CT molecular complexity index is 457. The van der Waals surface area contributed by atoms with Crippen LogP contribution in [0.25, 0.3) is 0 Å². The standard InChI is InChI=1S/C17H29N3O/c1-6-8-9-10-20(5)17(21)14-11-15(13(3)4)19-16(12-14)18-7-2/h11-13H,6-10H2,1-5H3,(H,18,19). The summed E-state index contributed by atoms with van der Waals surface area (Å²) in [4.78, 5) is 18.9. The molecule has 118 valence electrons. The second-order valence-corrected chi connectivity index (χ2v) is 5.78. The smallest absolute Gasteiger partial charge is 0.253 e. The molecular weight excluding hydrogens is 262 g/mol. The highest BCUT2D eigenvalue weighted by Crippen LogP contribution is 2.18. The molecule has 0 fully saturated rings. The lowest BCUT2D eigenvalue weighted by Gasteiger charge is -2.18. The first kappa shape index (κ1) is 17.5. The number of amides is 1. The second kappa shape index (κ2) is 8.65. The molecule has 1 aromatic rings. The van der Waals surface area contributed by atoms with Crippen LogP contribution in [0.3, 0.4) is 0 Å². The number of pyridine rings is 1. The fraction of sp³-hybridized carbons (Fsp3) is 0.647. The average molecular weight is 291 g/mol. The van der Waals surface area contributed by atoms with E-state index in [1.54, 1.807) is 0 Å². The third kappa shape index (κ3) is 5.37. The van der Waals surface area contributed by atoms with Gasteiger partial charge in [-0.05, 0) is 31.4 Å². The van der Waals surface area contributed by atoms with E-state index in [1.165, 1.54) is 6.42 Å². The number of unbranched alkanes of at least 4 members (excludes halogenated alkanes) is 2. The van der Waals surface area contributed by atoms with Crippen molar-refractivity contribution in [3.05, 3.63) is 23.4 Å². The molecule has 1 aromatic heterocycles. The minimum absolute atomic E-state index is 0.0783. The highest BCUT2D eigenvalue weighted by molar-refractivity contribution is 5.94. The van der Waals surface area contributed by atoms with E-state index >= 15 is 0 Å². The van der Waals surface area contributed by atoms with Crippen LogP contribution in [-0.4, -0.2) is 35.9 Å². The summed E-state index contributed by atoms with van der Waals surface area (Å²) in [7, 11) is 1.88. The van der Waals surface area contributed by atoms with Crippen LogP contribution in [0.2, 0.25) is 0 Å². The fourth-order valence-corrected chi connectivity index (χ4v) is 2.16. The molecule has 1 N–H and O–H groups in total. The number of hydrogen-bond donors (Lipinski definition) is 1. The van der Waals surface area contributed by atoms with Gasteiger partial charge in [-0.15, -0.1) is 0 Å². The Kier molecular flexibility index (Phi) is 7.20. The molecule has 1 rings (SSSR count). The Morgan fingerprint density at radius 3 is 2.57 bits per heavy atom. The topological polar surface area (TPSA) is 45.2 Å². The van der Waals surface area contributed by atoms with E-state index in [0.717, 1.165) is 43.0 Å². The van der Waals surface area contributed by atoms with E-state index < -0.39 is 0 Å². The van der Waals surface area contributed by atoms with Crippen molar-refractivity contribution < 1.29 is 4.79 Å². The normalized spacial score (nSPS) is 10.8. The van der Waals surface area contributed by atoms with Gasteiger partial charge < -0.3 is 10.2 Å². The molecule has 0 saturated carbocycles. The van der Waals surface area contributed by atoms with Gasteiger partial charge in [0.25, 0.3) is 5.91 Å². The highest BCUT2D eigenvalue weighted by Gasteiger charge is 2.15. The summed E-state index contributed by atoms with van der Waals surface area (Å²) in [6, 6.07) is 3.78. The molecule has 4 heteroatoms. The van der Waals surface area contributed by atoms with E-state index in [4.69, 9.17) is 0 Å². The quantitative estimate of drug-likeness (QED) is 0.739. The zero-order chi connectivity index (χ0) is 15.8. The Morgan fingerprint density at radius 1 is 1.29 bits per heavy atom. The van der Waals surface area contributed by atoms with Gasteiger partial charge in [0, 0.05) is 31.4 Å². The summed E-state index contributed by atoms with van der Waals surface area (Å²) in [5.74, 6) is 1.17. The van der Waals surface area contributed by atoms with Crippen molar-refractivity contribution >= 4 is 11.7 Å². The van der Waals surface area contributed by atoms with Crippen LogP contribution < -0.4 is 5.32 Å². The third-order valence-electron chi connectivity index (χ3n) is 3.49. The number of hydrogen-bond acceptors (Lipinski definition) is 3. The Hall–Kier alpha value is -1.58. The van der Waals surface area contributed by atoms with Crippen LogP contribution in [0.5, 0.6) is 0 Å². The van der Waals surface area contributed by atoms with Crippen LogP contribution in [-0.2, 0) is 0 Å². The molecule has 0 aliphatic heterocycles. The Balaban J connectivity index is 2.91. The van der Waals surface area contributed by atoms with Crippen LogP contribution >= 0.6 is 0 Å². The lowest BCUT2D eigenvalue weighted by molar-refractivity contribution is 0.0792. The zero-order valence-corrected chi connectivity index (χ0v) is 14.1. The average Bonchev–Trinajstić information content (AvgIpc) is 2.46. The SMILES string of the molecule is CCCCCN(C)C(=O)c1cc(NCC)nc(C(C)C)c1. The predicted molar refractivity (Wildman–Crippen MR) is 89.0 cm³/mol. The van der Waals surface area contributed by atoms with Crippen molar-refractivity contribution in [1.29, 1.82) is 0 Å². The minimum atomic E-state index is 0.0783. The summed E-state index contributed by atoms with van der Waals surface area (Å²) < 4.78 is 0. The van der Waals surface area contributed by atoms with Crippen molar-refractivity contribution in [2.75, 3.05) is 25.5 Å². The fourth-order valence-electron chi connectivity index (χ4n) is 2.16. The maximum absolute atomic E-state index is 12.5. The maximum atomic E-state index is 12.5. The molecule has 1 amide bonds. The van der Waals surface area contributed by atoms with Gasteiger partial charge >= 0.3 is 0 Å². The predicted octanol–water partition coefficient (Wildman–Crippen LogP) is 3.90. The molecule has 0 aromatic carbocycles. The van der Waals surface area contributed by atoms with Gasteiger partial charge in [0.15, 0.2) is 0 Å². The summed E-state index contributed by atoms with van der Waals surface area (Å²) in [5, 5.41) is 3.21. The Labute approximate surface area is 129 Å². The largest absolute Gasteiger partial charge is 0.370 e. The van der Waals surface area contributed by atoms with E-state index in [-0.39, 0.29) is 5.91 Å². The zero-order valence-electron chi connectivity index (χ0n) is 14.1. The molecule has 4 nitrogen and oxygen atoms in total. The van der Waals surface area contributed by atoms with Gasteiger partial charge in [0.2, 0.25) is 0 Å². The molecule has 0 spiro atoms. The first-order valence-corrected chi connectivity index (χ1v) is 8.00. The van der Waals surface area contributed by atoms with Crippen molar-refractivity contribution in [2.45, 2.75) is 52.9 Å². The number of rotatable bonds is 8. The maximum Gasteiger partial charge on any atom is 0.253 e. The molecule has 0 saturated heterocycles.